The molecule has 2 atom stereocenters. The van der Waals surface area contributed by atoms with Gasteiger partial charge in [0.05, 0.1) is 24.9 Å². The number of ether oxygens (including phenoxy) is 2. The number of alkyl halides is 2. The second kappa shape index (κ2) is 13.7. The first kappa shape index (κ1) is 30.5. The first-order valence-electron chi connectivity index (χ1n) is 11.7. The van der Waals surface area contributed by atoms with Crippen molar-refractivity contribution in [2.45, 2.75) is 44.4 Å². The van der Waals surface area contributed by atoms with Crippen molar-refractivity contribution in [2.75, 3.05) is 27.2 Å². The second-order valence-corrected chi connectivity index (χ2v) is 9.16. The van der Waals surface area contributed by atoms with Crippen LogP contribution in [0, 0.1) is 5.92 Å². The van der Waals surface area contributed by atoms with Crippen molar-refractivity contribution >= 4 is 36.6 Å². The van der Waals surface area contributed by atoms with Gasteiger partial charge in [0.25, 0.3) is 5.91 Å². The van der Waals surface area contributed by atoms with Crippen molar-refractivity contribution in [3.63, 3.8) is 0 Å². The summed E-state index contributed by atoms with van der Waals surface area (Å²) in [7, 11) is 3.31. The standard InChI is InChI=1S/C25H30F2N4O4.2ClH/c1-31(2)24(33)19-5-3-4-18(30-19)13-29-23(32)20-10-17(12-28-20)16-8-9-21(35-25(26)27)22(11-16)34-14-15-6-7-15;;/h3-5,8-9,11,15,17,20,25,28H,6-7,10,12-14H2,1-2H3,(H,29,32);2*1H/t17?,20-;;/m1../s1. The molecule has 2 aromatic rings. The van der Waals surface area contributed by atoms with Gasteiger partial charge in [0.1, 0.15) is 5.69 Å². The van der Waals surface area contributed by atoms with Crippen molar-refractivity contribution in [3.8, 4) is 11.5 Å². The minimum absolute atomic E-state index is 0. The SMILES string of the molecule is CN(C)C(=O)c1cccc(CNC(=O)[C@H]2CC(c3ccc(OC(F)F)c(OCC4CC4)c3)CN2)n1.Cl.Cl. The minimum Gasteiger partial charge on any atom is -0.489 e. The number of aromatic nitrogens is 1. The molecule has 1 aliphatic heterocycles. The lowest BCUT2D eigenvalue weighted by molar-refractivity contribution is -0.123. The molecule has 2 N–H and O–H groups in total. The summed E-state index contributed by atoms with van der Waals surface area (Å²) in [5, 5.41) is 6.10. The van der Waals surface area contributed by atoms with Crippen molar-refractivity contribution in [3.05, 3.63) is 53.3 Å². The van der Waals surface area contributed by atoms with Crippen LogP contribution in [-0.4, -0.2) is 61.6 Å². The molecule has 0 bridgehead atoms. The number of pyridine rings is 1. The second-order valence-electron chi connectivity index (χ2n) is 9.16. The Labute approximate surface area is 227 Å². The van der Waals surface area contributed by atoms with Crippen LogP contribution in [0.2, 0.25) is 0 Å². The number of nitrogens with one attached hydrogen (secondary N) is 2. The van der Waals surface area contributed by atoms with Gasteiger partial charge in [0.2, 0.25) is 5.91 Å². The fourth-order valence-corrected chi connectivity index (χ4v) is 3.99. The highest BCUT2D eigenvalue weighted by molar-refractivity contribution is 5.92. The topological polar surface area (TPSA) is 92.8 Å². The molecule has 1 unspecified atom stereocenters. The summed E-state index contributed by atoms with van der Waals surface area (Å²) in [6.07, 6.45) is 2.72. The molecular formula is C25H32Cl2F2N4O4. The molecule has 1 aromatic carbocycles. The molecule has 1 aromatic heterocycles. The molecule has 8 nitrogen and oxygen atoms in total. The Bertz CT molecular complexity index is 1070. The Kier molecular flexibility index (Phi) is 11.3. The van der Waals surface area contributed by atoms with Crippen LogP contribution in [0.4, 0.5) is 8.78 Å². The number of carbonyl (C=O) groups is 2. The maximum absolute atomic E-state index is 12.8. The molecule has 37 heavy (non-hydrogen) atoms. The molecular weight excluding hydrogens is 529 g/mol. The number of nitrogens with zero attached hydrogens (tertiary/aromatic N) is 2. The zero-order chi connectivity index (χ0) is 24.9. The Balaban J connectivity index is 0.00000241. The fourth-order valence-electron chi connectivity index (χ4n) is 3.99. The Hall–Kier alpha value is -2.69. The normalized spacial score (nSPS) is 18.4. The number of halogens is 4. The van der Waals surface area contributed by atoms with Crippen LogP contribution in [0.25, 0.3) is 0 Å². The maximum atomic E-state index is 12.8. The molecule has 1 saturated heterocycles. The van der Waals surface area contributed by atoms with Crippen molar-refractivity contribution in [1.82, 2.24) is 20.5 Å². The Morgan fingerprint density at radius 2 is 1.92 bits per heavy atom. The maximum Gasteiger partial charge on any atom is 0.387 e. The summed E-state index contributed by atoms with van der Waals surface area (Å²) in [5.41, 5.74) is 1.81. The lowest BCUT2D eigenvalue weighted by atomic mass is 9.95. The third-order valence-electron chi connectivity index (χ3n) is 6.15. The number of amides is 2. The Morgan fingerprint density at radius 3 is 2.59 bits per heavy atom. The van der Waals surface area contributed by atoms with Crippen LogP contribution >= 0.6 is 24.8 Å². The van der Waals surface area contributed by atoms with E-state index in [1.807, 2.05) is 0 Å². The molecule has 2 fully saturated rings. The number of rotatable bonds is 10. The lowest BCUT2D eigenvalue weighted by Crippen LogP contribution is -2.40. The van der Waals surface area contributed by atoms with Crippen LogP contribution in [0.5, 0.6) is 11.5 Å². The van der Waals surface area contributed by atoms with Gasteiger partial charge >= 0.3 is 6.61 Å². The van der Waals surface area contributed by atoms with E-state index < -0.39 is 12.7 Å². The third kappa shape index (κ3) is 8.41. The fraction of sp³-hybridized carbons (Fsp3) is 0.480. The molecule has 1 saturated carbocycles. The first-order chi connectivity index (χ1) is 16.8. The lowest BCUT2D eigenvalue weighted by Gasteiger charge is -2.16. The van der Waals surface area contributed by atoms with Crippen LogP contribution in [0.3, 0.4) is 0 Å². The van der Waals surface area contributed by atoms with Gasteiger partial charge in [-0.1, -0.05) is 12.1 Å². The molecule has 0 radical (unpaired) electrons. The van der Waals surface area contributed by atoms with Gasteiger partial charge in [-0.25, -0.2) is 4.98 Å². The molecule has 2 heterocycles. The quantitative estimate of drug-likeness (QED) is 0.459. The van der Waals surface area contributed by atoms with Gasteiger partial charge in [-0.3, -0.25) is 9.59 Å². The van der Waals surface area contributed by atoms with E-state index in [1.165, 1.54) is 11.0 Å². The van der Waals surface area contributed by atoms with Gasteiger partial charge in [-0.15, -0.1) is 24.8 Å². The summed E-state index contributed by atoms with van der Waals surface area (Å²) in [4.78, 5) is 30.6. The average Bonchev–Trinajstić information content (AvgIpc) is 3.54. The highest BCUT2D eigenvalue weighted by atomic mass is 35.5. The predicted molar refractivity (Wildman–Crippen MR) is 139 cm³/mol. The number of benzene rings is 1. The zero-order valence-corrected chi connectivity index (χ0v) is 22.2. The van der Waals surface area contributed by atoms with Crippen LogP contribution in [0.1, 0.15) is 46.9 Å². The largest absolute Gasteiger partial charge is 0.489 e. The molecule has 4 rings (SSSR count). The van der Waals surface area contributed by atoms with E-state index in [1.54, 1.807) is 44.4 Å². The van der Waals surface area contributed by atoms with E-state index in [0.717, 1.165) is 18.4 Å². The van der Waals surface area contributed by atoms with Crippen LogP contribution in [-0.2, 0) is 11.3 Å². The van der Waals surface area contributed by atoms with Gasteiger partial charge in [0.15, 0.2) is 11.5 Å². The van der Waals surface area contributed by atoms with E-state index in [-0.39, 0.29) is 54.8 Å². The smallest absolute Gasteiger partial charge is 0.387 e. The molecule has 204 valence electrons. The zero-order valence-electron chi connectivity index (χ0n) is 20.6. The number of hydrogen-bond acceptors (Lipinski definition) is 6. The van der Waals surface area contributed by atoms with Crippen molar-refractivity contribution in [2.24, 2.45) is 5.92 Å². The minimum atomic E-state index is -2.93. The molecule has 2 amide bonds. The predicted octanol–water partition coefficient (Wildman–Crippen LogP) is 3.78. The number of carbonyl (C=O) groups excluding carboxylic acids is 2. The Morgan fingerprint density at radius 1 is 1.16 bits per heavy atom. The van der Waals surface area contributed by atoms with Gasteiger partial charge in [0, 0.05) is 20.6 Å². The summed E-state index contributed by atoms with van der Waals surface area (Å²) in [6, 6.07) is 9.71. The average molecular weight is 561 g/mol. The first-order valence-corrected chi connectivity index (χ1v) is 11.7. The van der Waals surface area contributed by atoms with E-state index in [2.05, 4.69) is 20.4 Å². The van der Waals surface area contributed by atoms with Crippen molar-refractivity contribution in [1.29, 1.82) is 0 Å². The van der Waals surface area contributed by atoms with Crippen molar-refractivity contribution < 1.29 is 27.8 Å². The summed E-state index contributed by atoms with van der Waals surface area (Å²) in [6.45, 7) is -1.68. The monoisotopic (exact) mass is 560 g/mol. The highest BCUT2D eigenvalue weighted by Gasteiger charge is 2.31. The van der Waals surface area contributed by atoms with E-state index >= 15 is 0 Å². The highest BCUT2D eigenvalue weighted by Crippen LogP contribution is 2.37. The van der Waals surface area contributed by atoms with Gasteiger partial charge in [-0.2, -0.15) is 8.78 Å². The molecule has 0 spiro atoms. The van der Waals surface area contributed by atoms with Crippen LogP contribution < -0.4 is 20.1 Å². The molecule has 1 aliphatic carbocycles. The summed E-state index contributed by atoms with van der Waals surface area (Å²) >= 11 is 0. The molecule has 12 heteroatoms. The summed E-state index contributed by atoms with van der Waals surface area (Å²) < 4.78 is 36.0. The van der Waals surface area contributed by atoms with E-state index in [0.29, 0.717) is 42.6 Å². The number of hydrogen-bond donors (Lipinski definition) is 2. The van der Waals surface area contributed by atoms with Crippen LogP contribution in [0.15, 0.2) is 36.4 Å². The van der Waals surface area contributed by atoms with E-state index in [4.69, 9.17) is 4.74 Å². The molecule has 2 aliphatic rings. The van der Waals surface area contributed by atoms with E-state index in [9.17, 15) is 18.4 Å². The summed E-state index contributed by atoms with van der Waals surface area (Å²) in [5.74, 6) is 0.447. The van der Waals surface area contributed by atoms with Gasteiger partial charge < -0.3 is 25.0 Å². The third-order valence-corrected chi connectivity index (χ3v) is 6.15. The van der Waals surface area contributed by atoms with Gasteiger partial charge in [-0.05, 0) is 60.9 Å².